The van der Waals surface area contributed by atoms with Gasteiger partial charge in [0.2, 0.25) is 0 Å². The van der Waals surface area contributed by atoms with Crippen molar-refractivity contribution in [3.8, 4) is 11.5 Å². The van der Waals surface area contributed by atoms with Gasteiger partial charge in [0.1, 0.15) is 5.75 Å². The summed E-state index contributed by atoms with van der Waals surface area (Å²) in [6.07, 6.45) is 2.28. The molecule has 3 N–H and O–H groups in total. The highest BCUT2D eigenvalue weighted by molar-refractivity contribution is 5.93. The molecule has 0 saturated heterocycles. The van der Waals surface area contributed by atoms with Crippen LogP contribution in [0.5, 0.6) is 11.5 Å². The summed E-state index contributed by atoms with van der Waals surface area (Å²) in [6.45, 7) is 0.0808. The van der Waals surface area contributed by atoms with Crippen LogP contribution in [-0.4, -0.2) is 16.7 Å². The third kappa shape index (κ3) is 2.66. The fourth-order valence-corrected chi connectivity index (χ4v) is 2.29. The summed E-state index contributed by atoms with van der Waals surface area (Å²) in [6, 6.07) is 15.1. The van der Waals surface area contributed by atoms with Gasteiger partial charge in [0.05, 0.1) is 11.2 Å². The van der Waals surface area contributed by atoms with Crippen molar-refractivity contribution in [2.75, 3.05) is 12.3 Å². The maximum absolute atomic E-state index is 9.12. The molecule has 0 radical (unpaired) electrons. The van der Waals surface area contributed by atoms with Gasteiger partial charge in [0.15, 0.2) is 5.75 Å². The largest absolute Gasteiger partial charge is 0.455 e. The lowest BCUT2D eigenvalue weighted by Gasteiger charge is -2.13. The lowest BCUT2D eigenvalue weighted by molar-refractivity contribution is 0.298. The Kier molecular flexibility index (Phi) is 3.71. The van der Waals surface area contributed by atoms with Gasteiger partial charge in [-0.05, 0) is 42.3 Å². The van der Waals surface area contributed by atoms with E-state index in [1.54, 1.807) is 6.20 Å². The van der Waals surface area contributed by atoms with Gasteiger partial charge in [-0.3, -0.25) is 4.98 Å². The zero-order chi connectivity index (χ0) is 14.7. The summed E-state index contributed by atoms with van der Waals surface area (Å²) in [5.74, 6) is 1.31. The number of para-hydroxylation sites is 1. The second-order valence-electron chi connectivity index (χ2n) is 4.73. The van der Waals surface area contributed by atoms with E-state index in [1.807, 2.05) is 48.5 Å². The molecule has 0 bridgehead atoms. The van der Waals surface area contributed by atoms with Crippen molar-refractivity contribution in [2.45, 2.75) is 6.42 Å². The molecular weight excluding hydrogens is 264 g/mol. The van der Waals surface area contributed by atoms with Crippen LogP contribution in [0.15, 0.2) is 54.7 Å². The third-order valence-electron chi connectivity index (χ3n) is 3.36. The molecule has 0 saturated carbocycles. The van der Waals surface area contributed by atoms with Gasteiger partial charge in [-0.25, -0.2) is 0 Å². The number of nitrogens with two attached hydrogens (primary N) is 1. The Morgan fingerprint density at radius 1 is 1.00 bits per heavy atom. The molecule has 21 heavy (non-hydrogen) atoms. The summed E-state index contributed by atoms with van der Waals surface area (Å²) in [5, 5.41) is 9.99. The Bertz CT molecular complexity index is 772. The number of rotatable bonds is 4. The van der Waals surface area contributed by atoms with Gasteiger partial charge in [0, 0.05) is 18.2 Å². The van der Waals surface area contributed by atoms with Gasteiger partial charge in [-0.15, -0.1) is 0 Å². The Labute approximate surface area is 122 Å². The minimum absolute atomic E-state index is 0.0808. The van der Waals surface area contributed by atoms with Gasteiger partial charge in [0.25, 0.3) is 0 Å². The molecule has 3 rings (SSSR count). The summed E-state index contributed by atoms with van der Waals surface area (Å²) < 4.78 is 5.94. The molecule has 0 spiro atoms. The number of anilines is 1. The van der Waals surface area contributed by atoms with Crippen molar-refractivity contribution in [2.24, 2.45) is 0 Å². The minimum Gasteiger partial charge on any atom is -0.455 e. The number of aliphatic hydroxyl groups is 1. The molecule has 0 atom stereocenters. The van der Waals surface area contributed by atoms with E-state index in [2.05, 4.69) is 4.98 Å². The summed E-state index contributed by atoms with van der Waals surface area (Å²) in [4.78, 5) is 4.27. The van der Waals surface area contributed by atoms with E-state index < -0.39 is 0 Å². The van der Waals surface area contributed by atoms with E-state index in [0.29, 0.717) is 23.6 Å². The van der Waals surface area contributed by atoms with E-state index in [-0.39, 0.29) is 6.61 Å². The number of aliphatic hydroxyl groups excluding tert-OH is 1. The van der Waals surface area contributed by atoms with Crippen molar-refractivity contribution < 1.29 is 9.84 Å². The third-order valence-corrected chi connectivity index (χ3v) is 3.36. The Morgan fingerprint density at radius 2 is 1.86 bits per heavy atom. The molecule has 0 aliphatic rings. The summed E-state index contributed by atoms with van der Waals surface area (Å²) >= 11 is 0. The predicted octanol–water partition coefficient (Wildman–Crippen LogP) is 3.14. The monoisotopic (exact) mass is 280 g/mol. The molecule has 3 aromatic rings. The maximum atomic E-state index is 9.12. The molecule has 1 heterocycles. The Hall–Kier alpha value is -2.59. The Morgan fingerprint density at radius 3 is 2.71 bits per heavy atom. The first-order valence-corrected chi connectivity index (χ1v) is 6.79. The van der Waals surface area contributed by atoms with E-state index in [1.165, 1.54) is 0 Å². The smallest absolute Gasteiger partial charge is 0.151 e. The van der Waals surface area contributed by atoms with Crippen molar-refractivity contribution in [3.05, 3.63) is 60.3 Å². The standard InChI is InChI=1S/C17H16N2O2/c18-17-13-5-3-10-19-14(13)7-8-16(17)21-15-6-2-1-4-12(15)9-11-20/h1-8,10,20H,9,11,18H2. The van der Waals surface area contributed by atoms with Crippen LogP contribution in [-0.2, 0) is 6.42 Å². The average molecular weight is 280 g/mol. The summed E-state index contributed by atoms with van der Waals surface area (Å²) in [5.41, 5.74) is 8.53. The maximum Gasteiger partial charge on any atom is 0.151 e. The first-order chi connectivity index (χ1) is 10.3. The summed E-state index contributed by atoms with van der Waals surface area (Å²) in [7, 11) is 0. The van der Waals surface area contributed by atoms with Gasteiger partial charge in [-0.1, -0.05) is 18.2 Å². The number of nitrogens with zero attached hydrogens (tertiary/aromatic N) is 1. The molecule has 0 amide bonds. The molecule has 0 aliphatic carbocycles. The molecule has 4 heteroatoms. The second kappa shape index (κ2) is 5.81. The molecule has 4 nitrogen and oxygen atoms in total. The van der Waals surface area contributed by atoms with Crippen LogP contribution < -0.4 is 10.5 Å². The first kappa shape index (κ1) is 13.4. The second-order valence-corrected chi connectivity index (χ2v) is 4.73. The molecule has 0 fully saturated rings. The number of nitrogen functional groups attached to an aromatic ring is 1. The van der Waals surface area contributed by atoms with Crippen LogP contribution in [0, 0.1) is 0 Å². The zero-order valence-corrected chi connectivity index (χ0v) is 11.5. The number of ether oxygens (including phenoxy) is 1. The minimum atomic E-state index is 0.0808. The highest BCUT2D eigenvalue weighted by atomic mass is 16.5. The van der Waals surface area contributed by atoms with Crippen LogP contribution in [0.25, 0.3) is 10.9 Å². The van der Waals surface area contributed by atoms with E-state index in [0.717, 1.165) is 16.5 Å². The number of fused-ring (bicyclic) bond motifs is 1. The van der Waals surface area contributed by atoms with Gasteiger partial charge >= 0.3 is 0 Å². The number of hydrogen-bond acceptors (Lipinski definition) is 4. The van der Waals surface area contributed by atoms with E-state index in [4.69, 9.17) is 15.6 Å². The first-order valence-electron chi connectivity index (χ1n) is 6.79. The topological polar surface area (TPSA) is 68.4 Å². The van der Waals surface area contributed by atoms with Crippen molar-refractivity contribution >= 4 is 16.6 Å². The number of hydrogen-bond donors (Lipinski definition) is 2. The zero-order valence-electron chi connectivity index (χ0n) is 11.5. The highest BCUT2D eigenvalue weighted by Crippen LogP contribution is 2.34. The van der Waals surface area contributed by atoms with Crippen LogP contribution in [0.2, 0.25) is 0 Å². The molecule has 1 aromatic heterocycles. The van der Waals surface area contributed by atoms with Gasteiger partial charge < -0.3 is 15.6 Å². The normalized spacial score (nSPS) is 10.7. The Balaban J connectivity index is 2.00. The molecule has 106 valence electrons. The van der Waals surface area contributed by atoms with E-state index in [9.17, 15) is 0 Å². The van der Waals surface area contributed by atoms with Crippen LogP contribution in [0.1, 0.15) is 5.56 Å². The number of aromatic nitrogens is 1. The lowest BCUT2D eigenvalue weighted by Crippen LogP contribution is -1.98. The number of pyridine rings is 1. The molecule has 2 aromatic carbocycles. The van der Waals surface area contributed by atoms with E-state index >= 15 is 0 Å². The van der Waals surface area contributed by atoms with Gasteiger partial charge in [-0.2, -0.15) is 0 Å². The highest BCUT2D eigenvalue weighted by Gasteiger charge is 2.09. The predicted molar refractivity (Wildman–Crippen MR) is 83.5 cm³/mol. The molecule has 0 unspecified atom stereocenters. The molecule has 0 aliphatic heterocycles. The number of benzene rings is 2. The lowest BCUT2D eigenvalue weighted by atomic mass is 10.1. The SMILES string of the molecule is Nc1c(Oc2ccccc2CCO)ccc2ncccc12. The van der Waals surface area contributed by atoms with Crippen molar-refractivity contribution in [1.82, 2.24) is 4.98 Å². The van der Waals surface area contributed by atoms with Crippen LogP contribution in [0.4, 0.5) is 5.69 Å². The van der Waals surface area contributed by atoms with Crippen LogP contribution in [0.3, 0.4) is 0 Å². The van der Waals surface area contributed by atoms with Crippen molar-refractivity contribution in [3.63, 3.8) is 0 Å². The van der Waals surface area contributed by atoms with Crippen LogP contribution >= 0.6 is 0 Å². The fourth-order valence-electron chi connectivity index (χ4n) is 2.29. The van der Waals surface area contributed by atoms with Crippen molar-refractivity contribution in [1.29, 1.82) is 0 Å². The molecular formula is C17H16N2O2. The quantitative estimate of drug-likeness (QED) is 0.720. The fraction of sp³-hybridized carbons (Fsp3) is 0.118. The average Bonchev–Trinajstić information content (AvgIpc) is 2.52.